The van der Waals surface area contributed by atoms with Crippen LogP contribution in [0.1, 0.15) is 24.1 Å². The number of carbonyl (C=O) groups excluding carboxylic acids is 1. The lowest BCUT2D eigenvalue weighted by Gasteiger charge is -2.31. The number of allylic oxidation sites excluding steroid dienone is 1. The number of methoxy groups -OCH3 is 1. The Morgan fingerprint density at radius 1 is 1.22 bits per heavy atom. The monoisotopic (exact) mass is 401 g/mol. The zero-order chi connectivity index (χ0) is 19.6. The van der Waals surface area contributed by atoms with Crippen LogP contribution in [-0.2, 0) is 4.79 Å². The minimum absolute atomic E-state index is 0.226. The topological polar surface area (TPSA) is 62.4 Å². The highest BCUT2D eigenvalue weighted by Crippen LogP contribution is 2.35. The van der Waals surface area contributed by atoms with Gasteiger partial charge in [-0.05, 0) is 55.9 Å². The van der Waals surface area contributed by atoms with Crippen LogP contribution in [0.25, 0.3) is 0 Å². The molecule has 5 nitrogen and oxygen atoms in total. The summed E-state index contributed by atoms with van der Waals surface area (Å²) in [6.07, 6.45) is 0. The van der Waals surface area contributed by atoms with Crippen LogP contribution in [0, 0.1) is 6.92 Å². The first-order valence-corrected chi connectivity index (χ1v) is 9.18. The molecule has 1 aliphatic rings. The molecule has 27 heavy (non-hydrogen) atoms. The maximum absolute atomic E-state index is 13.1. The Morgan fingerprint density at radius 2 is 1.96 bits per heavy atom. The van der Waals surface area contributed by atoms with Crippen LogP contribution in [0.5, 0.6) is 5.75 Å². The van der Waals surface area contributed by atoms with Crippen LogP contribution in [0.2, 0.25) is 5.02 Å². The molecule has 2 aromatic rings. The molecule has 0 bridgehead atoms. The summed E-state index contributed by atoms with van der Waals surface area (Å²) >= 11 is 11.5. The largest absolute Gasteiger partial charge is 0.496 e. The molecule has 1 aliphatic heterocycles. The van der Waals surface area contributed by atoms with E-state index in [2.05, 4.69) is 16.0 Å². The third-order valence-electron chi connectivity index (χ3n) is 4.41. The fourth-order valence-corrected chi connectivity index (χ4v) is 3.51. The first-order valence-electron chi connectivity index (χ1n) is 8.39. The predicted octanol–water partition coefficient (Wildman–Crippen LogP) is 4.09. The quantitative estimate of drug-likeness (QED) is 0.673. The van der Waals surface area contributed by atoms with Gasteiger partial charge in [0.2, 0.25) is 0 Å². The molecule has 7 heteroatoms. The van der Waals surface area contributed by atoms with E-state index in [4.69, 9.17) is 28.6 Å². The van der Waals surface area contributed by atoms with Crippen LogP contribution in [0.4, 0.5) is 5.69 Å². The van der Waals surface area contributed by atoms with E-state index < -0.39 is 6.04 Å². The maximum Gasteiger partial charge on any atom is 0.255 e. The minimum atomic E-state index is -0.489. The molecule has 0 spiro atoms. The summed E-state index contributed by atoms with van der Waals surface area (Å²) < 4.78 is 5.47. The average Bonchev–Trinajstić information content (AvgIpc) is 2.62. The lowest BCUT2D eigenvalue weighted by Crippen LogP contribution is -2.45. The molecule has 0 unspecified atom stereocenters. The number of ether oxygens (including phenoxy) is 1. The predicted molar refractivity (Wildman–Crippen MR) is 112 cm³/mol. The number of anilines is 1. The zero-order valence-corrected chi connectivity index (χ0v) is 16.8. The van der Waals surface area contributed by atoms with E-state index in [-0.39, 0.29) is 5.91 Å². The van der Waals surface area contributed by atoms with Crippen molar-refractivity contribution in [3.05, 3.63) is 69.9 Å². The maximum atomic E-state index is 13.1. The van der Waals surface area contributed by atoms with Crippen LogP contribution >= 0.6 is 23.8 Å². The number of nitrogens with one attached hydrogen (secondary N) is 3. The fourth-order valence-electron chi connectivity index (χ4n) is 3.06. The van der Waals surface area contributed by atoms with Gasteiger partial charge < -0.3 is 20.7 Å². The number of aryl methyl sites for hydroxylation is 1. The van der Waals surface area contributed by atoms with Crippen molar-refractivity contribution >= 4 is 40.5 Å². The molecular weight excluding hydrogens is 382 g/mol. The van der Waals surface area contributed by atoms with Crippen LogP contribution in [0.15, 0.2) is 53.7 Å². The Kier molecular flexibility index (Phi) is 5.68. The molecule has 2 aromatic carbocycles. The third kappa shape index (κ3) is 4.07. The van der Waals surface area contributed by atoms with Crippen LogP contribution in [-0.4, -0.2) is 18.1 Å². The molecule has 140 valence electrons. The Morgan fingerprint density at radius 3 is 2.67 bits per heavy atom. The number of rotatable bonds is 4. The molecule has 0 aliphatic carbocycles. The lowest BCUT2D eigenvalue weighted by atomic mass is 9.94. The highest BCUT2D eigenvalue weighted by Gasteiger charge is 2.32. The van der Waals surface area contributed by atoms with Crippen molar-refractivity contribution < 1.29 is 9.53 Å². The van der Waals surface area contributed by atoms with Crippen molar-refractivity contribution in [3.8, 4) is 5.75 Å². The highest BCUT2D eigenvalue weighted by atomic mass is 35.5. The van der Waals surface area contributed by atoms with Crippen molar-refractivity contribution in [2.75, 3.05) is 12.4 Å². The van der Waals surface area contributed by atoms with Gasteiger partial charge in [0.1, 0.15) is 5.75 Å². The van der Waals surface area contributed by atoms with E-state index in [1.54, 1.807) is 25.3 Å². The van der Waals surface area contributed by atoms with Crippen molar-refractivity contribution in [2.24, 2.45) is 0 Å². The minimum Gasteiger partial charge on any atom is -0.496 e. The van der Waals surface area contributed by atoms with Crippen molar-refractivity contribution in [3.63, 3.8) is 0 Å². The van der Waals surface area contributed by atoms with Gasteiger partial charge in [0.05, 0.1) is 18.7 Å². The van der Waals surface area contributed by atoms with E-state index in [1.165, 1.54) is 0 Å². The van der Waals surface area contributed by atoms with Gasteiger partial charge in [-0.2, -0.15) is 0 Å². The van der Waals surface area contributed by atoms with Gasteiger partial charge in [0.15, 0.2) is 5.11 Å². The highest BCUT2D eigenvalue weighted by molar-refractivity contribution is 7.80. The van der Waals surface area contributed by atoms with Crippen molar-refractivity contribution in [2.45, 2.75) is 19.9 Å². The third-order valence-corrected chi connectivity index (χ3v) is 4.86. The first kappa shape index (κ1) is 19.2. The second-order valence-corrected chi connectivity index (χ2v) is 7.07. The van der Waals surface area contributed by atoms with Gasteiger partial charge in [-0.3, -0.25) is 4.79 Å². The Labute approximate surface area is 168 Å². The van der Waals surface area contributed by atoms with Gasteiger partial charge in [-0.1, -0.05) is 29.8 Å². The normalized spacial score (nSPS) is 16.4. The second-order valence-electron chi connectivity index (χ2n) is 6.23. The summed E-state index contributed by atoms with van der Waals surface area (Å²) in [5, 5.41) is 10.2. The van der Waals surface area contributed by atoms with E-state index in [9.17, 15) is 4.79 Å². The number of hydrogen-bond donors (Lipinski definition) is 3. The van der Waals surface area contributed by atoms with Gasteiger partial charge in [0.25, 0.3) is 5.91 Å². The number of thiocarbonyl (C=S) groups is 1. The molecule has 0 saturated carbocycles. The Hall–Kier alpha value is -2.57. The van der Waals surface area contributed by atoms with E-state index in [0.717, 1.165) is 16.8 Å². The number of hydrogen-bond acceptors (Lipinski definition) is 3. The van der Waals surface area contributed by atoms with Crippen LogP contribution < -0.4 is 20.7 Å². The molecule has 1 amide bonds. The summed E-state index contributed by atoms with van der Waals surface area (Å²) in [4.78, 5) is 13.1. The zero-order valence-electron chi connectivity index (χ0n) is 15.2. The number of carbonyl (C=O) groups is 1. The van der Waals surface area contributed by atoms with Gasteiger partial charge in [0, 0.05) is 22.0 Å². The SMILES string of the molecule is COc1ccc(Cl)cc1[C@H]1NC(=S)NC(C)=C1C(=O)Nc1ccccc1C. The molecular formula is C20H20ClN3O2S. The molecule has 0 radical (unpaired) electrons. The van der Waals surface area contributed by atoms with Crippen molar-refractivity contribution in [1.29, 1.82) is 0 Å². The lowest BCUT2D eigenvalue weighted by molar-refractivity contribution is -0.113. The number of benzene rings is 2. The Bertz CT molecular complexity index is 943. The number of para-hydroxylation sites is 1. The standard InChI is InChI=1S/C20H20ClN3O2S/c1-11-6-4-5-7-15(11)23-19(25)17-12(2)22-20(27)24-18(17)14-10-13(21)8-9-16(14)26-3/h4-10,18H,1-3H3,(H,23,25)(H2,22,24,27)/t18-/m1/s1. The summed E-state index contributed by atoms with van der Waals surface area (Å²) in [6.45, 7) is 3.77. The van der Waals surface area contributed by atoms with Crippen molar-refractivity contribution in [1.82, 2.24) is 10.6 Å². The molecule has 3 rings (SSSR count). The molecule has 0 aromatic heterocycles. The van der Waals surface area contributed by atoms with Gasteiger partial charge in [-0.25, -0.2) is 0 Å². The number of halogens is 1. The summed E-state index contributed by atoms with van der Waals surface area (Å²) in [6, 6.07) is 12.4. The van der Waals surface area contributed by atoms with Gasteiger partial charge in [-0.15, -0.1) is 0 Å². The molecule has 1 heterocycles. The average molecular weight is 402 g/mol. The molecule has 0 fully saturated rings. The number of amides is 1. The second kappa shape index (κ2) is 7.98. The smallest absolute Gasteiger partial charge is 0.255 e. The van der Waals surface area contributed by atoms with E-state index >= 15 is 0 Å². The summed E-state index contributed by atoms with van der Waals surface area (Å²) in [7, 11) is 1.58. The van der Waals surface area contributed by atoms with Gasteiger partial charge >= 0.3 is 0 Å². The molecule has 0 saturated heterocycles. The summed E-state index contributed by atoms with van der Waals surface area (Å²) in [5.74, 6) is 0.395. The van der Waals surface area contributed by atoms with Crippen LogP contribution in [0.3, 0.4) is 0 Å². The summed E-state index contributed by atoms with van der Waals surface area (Å²) in [5.41, 5.74) is 3.67. The fraction of sp³-hybridized carbons (Fsp3) is 0.200. The first-order chi connectivity index (χ1) is 12.9. The molecule has 3 N–H and O–H groups in total. The molecule has 1 atom stereocenters. The van der Waals surface area contributed by atoms with E-state index in [1.807, 2.05) is 38.1 Å². The Balaban J connectivity index is 2.04. The van der Waals surface area contributed by atoms with E-state index in [0.29, 0.717) is 27.2 Å².